The van der Waals surface area contributed by atoms with Gasteiger partial charge in [-0.25, -0.2) is 0 Å². The van der Waals surface area contributed by atoms with Gasteiger partial charge in [0, 0.05) is 32.1 Å². The summed E-state index contributed by atoms with van der Waals surface area (Å²) in [7, 11) is 0. The highest BCUT2D eigenvalue weighted by Gasteiger charge is 2.03. The molecule has 1 heterocycles. The van der Waals surface area contributed by atoms with Gasteiger partial charge in [-0.3, -0.25) is 0 Å². The van der Waals surface area contributed by atoms with Gasteiger partial charge in [0.1, 0.15) is 0 Å². The maximum absolute atomic E-state index is 5.56. The highest BCUT2D eigenvalue weighted by molar-refractivity contribution is 6.17. The highest BCUT2D eigenvalue weighted by Crippen LogP contribution is 2.06. The average Bonchev–Trinajstić information content (AvgIpc) is 2.72. The molecule has 0 unspecified atom stereocenters. The van der Waals surface area contributed by atoms with E-state index in [4.69, 9.17) is 20.8 Å². The quantitative estimate of drug-likeness (QED) is 0.535. The molecule has 0 bridgehead atoms. The van der Waals surface area contributed by atoms with E-state index in [1.807, 2.05) is 0 Å². The smallest absolute Gasteiger partial charge is 0.315 e. The third-order valence-electron chi connectivity index (χ3n) is 1.87. The Balaban J connectivity index is 2.07. The van der Waals surface area contributed by atoms with E-state index in [0.717, 1.165) is 32.6 Å². The SMILES string of the molecule is CCCOCCCNc1nnc(CCCl)o1. The van der Waals surface area contributed by atoms with Crippen LogP contribution >= 0.6 is 11.6 Å². The standard InChI is InChI=1S/C10H18ClN3O2/c1-2-7-15-8-3-6-12-10-14-13-9(16-10)4-5-11/h2-8H2,1H3,(H,12,14). The van der Waals surface area contributed by atoms with Gasteiger partial charge in [-0.1, -0.05) is 12.0 Å². The molecule has 16 heavy (non-hydrogen) atoms. The molecule has 6 heteroatoms. The number of halogens is 1. The van der Waals surface area contributed by atoms with Crippen LogP contribution in [0.3, 0.4) is 0 Å². The molecule has 0 aliphatic carbocycles. The zero-order valence-corrected chi connectivity index (χ0v) is 10.3. The van der Waals surface area contributed by atoms with Crippen molar-refractivity contribution < 1.29 is 9.15 Å². The van der Waals surface area contributed by atoms with E-state index in [2.05, 4.69) is 22.4 Å². The summed E-state index contributed by atoms with van der Waals surface area (Å²) in [4.78, 5) is 0. The maximum Gasteiger partial charge on any atom is 0.315 e. The van der Waals surface area contributed by atoms with Crippen LogP contribution < -0.4 is 5.32 Å². The molecule has 92 valence electrons. The lowest BCUT2D eigenvalue weighted by Crippen LogP contribution is -2.06. The summed E-state index contributed by atoms with van der Waals surface area (Å²) in [5.74, 6) is 1.06. The average molecular weight is 248 g/mol. The van der Waals surface area contributed by atoms with Crippen molar-refractivity contribution in [3.05, 3.63) is 5.89 Å². The van der Waals surface area contributed by atoms with Crippen molar-refractivity contribution in [3.63, 3.8) is 0 Å². The Hall–Kier alpha value is -0.810. The van der Waals surface area contributed by atoms with Crippen molar-refractivity contribution in [2.45, 2.75) is 26.2 Å². The molecule has 5 nitrogen and oxygen atoms in total. The number of aryl methyl sites for hydroxylation is 1. The number of hydrogen-bond donors (Lipinski definition) is 1. The first-order valence-electron chi connectivity index (χ1n) is 5.56. The Morgan fingerprint density at radius 3 is 3.00 bits per heavy atom. The van der Waals surface area contributed by atoms with Crippen LogP contribution in [0.2, 0.25) is 0 Å². The summed E-state index contributed by atoms with van der Waals surface area (Å²) < 4.78 is 10.6. The molecule has 1 N–H and O–H groups in total. The topological polar surface area (TPSA) is 60.2 Å². The van der Waals surface area contributed by atoms with E-state index in [1.165, 1.54) is 0 Å². The van der Waals surface area contributed by atoms with Gasteiger partial charge in [0.15, 0.2) is 0 Å². The van der Waals surface area contributed by atoms with E-state index in [-0.39, 0.29) is 0 Å². The molecule has 0 spiro atoms. The molecule has 1 aromatic heterocycles. The van der Waals surface area contributed by atoms with Crippen molar-refractivity contribution >= 4 is 17.6 Å². The Labute approximate surface area is 101 Å². The molecule has 0 atom stereocenters. The summed E-state index contributed by atoms with van der Waals surface area (Å²) in [6, 6.07) is 0.454. The van der Waals surface area contributed by atoms with Crippen LogP contribution in [0.15, 0.2) is 4.42 Å². The molecule has 1 rings (SSSR count). The number of aromatic nitrogens is 2. The van der Waals surface area contributed by atoms with Gasteiger partial charge in [-0.15, -0.1) is 16.7 Å². The zero-order valence-electron chi connectivity index (χ0n) is 9.54. The first-order chi connectivity index (χ1) is 7.86. The Bertz CT molecular complexity index is 281. The van der Waals surface area contributed by atoms with Crippen LogP contribution in [-0.4, -0.2) is 35.8 Å². The number of nitrogens with zero attached hydrogens (tertiary/aromatic N) is 2. The Morgan fingerprint density at radius 1 is 1.38 bits per heavy atom. The van der Waals surface area contributed by atoms with E-state index >= 15 is 0 Å². The first-order valence-corrected chi connectivity index (χ1v) is 6.10. The normalized spacial score (nSPS) is 10.6. The Kier molecular flexibility index (Phi) is 6.92. The summed E-state index contributed by atoms with van der Waals surface area (Å²) >= 11 is 5.56. The predicted molar refractivity (Wildman–Crippen MR) is 62.9 cm³/mol. The van der Waals surface area contributed by atoms with E-state index in [0.29, 0.717) is 24.2 Å². The highest BCUT2D eigenvalue weighted by atomic mass is 35.5. The lowest BCUT2D eigenvalue weighted by molar-refractivity contribution is 0.134. The third kappa shape index (κ3) is 5.32. The fraction of sp³-hybridized carbons (Fsp3) is 0.800. The number of anilines is 1. The van der Waals surface area contributed by atoms with Gasteiger partial charge < -0.3 is 14.5 Å². The van der Waals surface area contributed by atoms with Crippen molar-refractivity contribution in [1.29, 1.82) is 0 Å². The molecule has 0 radical (unpaired) electrons. The van der Waals surface area contributed by atoms with Gasteiger partial charge >= 0.3 is 6.01 Å². The van der Waals surface area contributed by atoms with Gasteiger partial charge in [0.05, 0.1) is 0 Å². The maximum atomic E-state index is 5.56. The summed E-state index contributed by atoms with van der Waals surface area (Å²) in [5, 5.41) is 10.7. The molecule has 0 aliphatic rings. The number of alkyl halides is 1. The minimum Gasteiger partial charge on any atom is -0.408 e. The van der Waals surface area contributed by atoms with Crippen molar-refractivity contribution in [1.82, 2.24) is 10.2 Å². The van der Waals surface area contributed by atoms with E-state index in [9.17, 15) is 0 Å². The molecular weight excluding hydrogens is 230 g/mol. The fourth-order valence-electron chi connectivity index (χ4n) is 1.12. The fourth-order valence-corrected chi connectivity index (χ4v) is 1.28. The van der Waals surface area contributed by atoms with Crippen LogP contribution in [0.1, 0.15) is 25.7 Å². The molecule has 0 fully saturated rings. The molecular formula is C10H18ClN3O2. The van der Waals surface area contributed by atoms with Crippen molar-refractivity contribution in [2.24, 2.45) is 0 Å². The van der Waals surface area contributed by atoms with Crippen LogP contribution in [0.25, 0.3) is 0 Å². The Morgan fingerprint density at radius 2 is 2.25 bits per heavy atom. The molecule has 0 amide bonds. The second kappa shape index (κ2) is 8.35. The van der Waals surface area contributed by atoms with Crippen molar-refractivity contribution in [2.75, 3.05) is 31.0 Å². The lowest BCUT2D eigenvalue weighted by Gasteiger charge is -2.02. The largest absolute Gasteiger partial charge is 0.408 e. The zero-order chi connectivity index (χ0) is 11.6. The second-order valence-electron chi connectivity index (χ2n) is 3.33. The number of hydrogen-bond acceptors (Lipinski definition) is 5. The monoisotopic (exact) mass is 247 g/mol. The molecule has 0 aliphatic heterocycles. The third-order valence-corrected chi connectivity index (χ3v) is 2.05. The van der Waals surface area contributed by atoms with Gasteiger partial charge in [0.25, 0.3) is 0 Å². The predicted octanol–water partition coefficient (Wildman–Crippen LogP) is 2.08. The number of ether oxygens (including phenoxy) is 1. The lowest BCUT2D eigenvalue weighted by atomic mass is 10.4. The minimum atomic E-state index is 0.454. The van der Waals surface area contributed by atoms with E-state index in [1.54, 1.807) is 0 Å². The van der Waals surface area contributed by atoms with Gasteiger partial charge in [-0.05, 0) is 12.8 Å². The van der Waals surface area contributed by atoms with Gasteiger partial charge in [0.2, 0.25) is 5.89 Å². The second-order valence-corrected chi connectivity index (χ2v) is 3.71. The molecule has 1 aromatic rings. The van der Waals surface area contributed by atoms with Crippen LogP contribution in [-0.2, 0) is 11.2 Å². The molecule has 0 saturated heterocycles. The summed E-state index contributed by atoms with van der Waals surface area (Å²) in [6.45, 7) is 4.44. The van der Waals surface area contributed by atoms with Gasteiger partial charge in [-0.2, -0.15) is 0 Å². The van der Waals surface area contributed by atoms with Crippen LogP contribution in [0.5, 0.6) is 0 Å². The summed E-state index contributed by atoms with van der Waals surface area (Å²) in [5.41, 5.74) is 0. The number of nitrogens with one attached hydrogen (secondary N) is 1. The minimum absolute atomic E-state index is 0.454. The van der Waals surface area contributed by atoms with Crippen LogP contribution in [0.4, 0.5) is 6.01 Å². The first kappa shape index (κ1) is 13.3. The van der Waals surface area contributed by atoms with E-state index < -0.39 is 0 Å². The van der Waals surface area contributed by atoms with Crippen molar-refractivity contribution in [3.8, 4) is 0 Å². The summed E-state index contributed by atoms with van der Waals surface area (Å²) in [6.07, 6.45) is 2.59. The molecule has 0 saturated carbocycles. The van der Waals surface area contributed by atoms with Crippen LogP contribution in [0, 0.1) is 0 Å². The molecule has 0 aromatic carbocycles. The number of rotatable bonds is 9.